The van der Waals surface area contributed by atoms with Gasteiger partial charge in [0.1, 0.15) is 17.9 Å². The van der Waals surface area contributed by atoms with Gasteiger partial charge in [0.05, 0.1) is 11.5 Å². The maximum Gasteiger partial charge on any atom is 0.404 e. The van der Waals surface area contributed by atoms with Crippen LogP contribution in [0.2, 0.25) is 0 Å². The first-order valence-electron chi connectivity index (χ1n) is 5.16. The third-order valence-corrected chi connectivity index (χ3v) is 2.13. The Bertz CT molecular complexity index is 517. The van der Waals surface area contributed by atoms with Crippen LogP contribution in [0.4, 0.5) is 16.2 Å². The van der Waals surface area contributed by atoms with Gasteiger partial charge in [0, 0.05) is 0 Å². The van der Waals surface area contributed by atoms with Crippen LogP contribution in [-0.4, -0.2) is 30.1 Å². The molecule has 0 aromatic heterocycles. The molecule has 0 atom stereocenters. The van der Waals surface area contributed by atoms with E-state index in [-0.39, 0.29) is 24.4 Å². The van der Waals surface area contributed by atoms with Crippen molar-refractivity contribution < 1.29 is 19.2 Å². The molecule has 0 heterocycles. The van der Waals surface area contributed by atoms with Crippen molar-refractivity contribution in [3.8, 4) is 0 Å². The molecule has 19 heavy (non-hydrogen) atoms. The molecule has 2 amide bonds. The second-order valence-electron chi connectivity index (χ2n) is 3.42. The van der Waals surface area contributed by atoms with Gasteiger partial charge in [-0.1, -0.05) is 6.07 Å². The Labute approximate surface area is 107 Å². The van der Waals surface area contributed by atoms with Gasteiger partial charge in [-0.3, -0.25) is 14.9 Å². The van der Waals surface area contributed by atoms with E-state index in [0.29, 0.717) is 0 Å². The highest BCUT2D eigenvalue weighted by molar-refractivity contribution is 6.00. The molecule has 1 aromatic rings. The molecule has 0 saturated heterocycles. The molecule has 0 spiro atoms. The summed E-state index contributed by atoms with van der Waals surface area (Å²) < 4.78 is 4.40. The Morgan fingerprint density at radius 1 is 1.42 bits per heavy atom. The molecule has 9 nitrogen and oxygen atoms in total. The third-order valence-electron chi connectivity index (χ3n) is 2.13. The number of para-hydroxylation sites is 1. The Hall–Kier alpha value is -2.84. The number of nitrogens with zero attached hydrogens (tertiary/aromatic N) is 1. The van der Waals surface area contributed by atoms with Gasteiger partial charge in [-0.25, -0.2) is 4.79 Å². The molecule has 0 radical (unpaired) electrons. The fourth-order valence-electron chi connectivity index (χ4n) is 1.36. The van der Waals surface area contributed by atoms with E-state index in [2.05, 4.69) is 10.1 Å². The van der Waals surface area contributed by atoms with Crippen LogP contribution < -0.4 is 16.8 Å². The molecular weight excluding hydrogens is 256 g/mol. The third kappa shape index (κ3) is 3.84. The van der Waals surface area contributed by atoms with Crippen molar-refractivity contribution in [3.63, 3.8) is 0 Å². The van der Waals surface area contributed by atoms with E-state index in [0.717, 1.165) is 0 Å². The molecule has 0 unspecified atom stereocenters. The number of carbonyl (C=O) groups is 2. The molecule has 0 aliphatic rings. The van der Waals surface area contributed by atoms with Gasteiger partial charge in [0.25, 0.3) is 5.91 Å². The Balaban J connectivity index is 2.74. The minimum Gasteiger partial charge on any atom is -0.448 e. The molecule has 0 aliphatic heterocycles. The number of nitrogens with one attached hydrogen (secondary N) is 1. The summed E-state index contributed by atoms with van der Waals surface area (Å²) in [7, 11) is 0. The van der Waals surface area contributed by atoms with E-state index in [1.807, 2.05) is 0 Å². The zero-order valence-corrected chi connectivity index (χ0v) is 9.79. The Kier molecular flexibility index (Phi) is 4.63. The summed E-state index contributed by atoms with van der Waals surface area (Å²) in [6, 6.07) is 4.03. The van der Waals surface area contributed by atoms with Gasteiger partial charge >= 0.3 is 11.8 Å². The molecule has 0 bridgehead atoms. The van der Waals surface area contributed by atoms with Crippen molar-refractivity contribution in [2.75, 3.05) is 18.9 Å². The minimum absolute atomic E-state index is 0.0201. The zero-order valence-electron chi connectivity index (χ0n) is 9.79. The van der Waals surface area contributed by atoms with E-state index < -0.39 is 22.6 Å². The number of ether oxygens (including phenoxy) is 1. The van der Waals surface area contributed by atoms with E-state index >= 15 is 0 Å². The van der Waals surface area contributed by atoms with Crippen LogP contribution in [-0.2, 0) is 4.74 Å². The molecule has 9 heteroatoms. The lowest BCUT2D eigenvalue weighted by Gasteiger charge is -2.06. The number of benzene rings is 1. The van der Waals surface area contributed by atoms with E-state index in [9.17, 15) is 19.7 Å². The first-order valence-corrected chi connectivity index (χ1v) is 5.16. The highest BCUT2D eigenvalue weighted by Gasteiger charge is 2.22. The lowest BCUT2D eigenvalue weighted by Crippen LogP contribution is -2.29. The van der Waals surface area contributed by atoms with Crippen molar-refractivity contribution in [1.29, 1.82) is 0 Å². The SMILES string of the molecule is NC(=O)OCCNC(=O)c1cccc(N)c1[N+](=O)[O-]. The summed E-state index contributed by atoms with van der Waals surface area (Å²) in [5.74, 6) is -0.688. The van der Waals surface area contributed by atoms with Gasteiger partial charge in [0.2, 0.25) is 0 Å². The Morgan fingerprint density at radius 2 is 2.11 bits per heavy atom. The number of carbonyl (C=O) groups excluding carboxylic acids is 2. The summed E-state index contributed by atoms with van der Waals surface area (Å²) in [6.07, 6.45) is -0.968. The van der Waals surface area contributed by atoms with Crippen molar-refractivity contribution >= 4 is 23.4 Å². The maximum absolute atomic E-state index is 11.7. The number of anilines is 1. The van der Waals surface area contributed by atoms with Gasteiger partial charge in [-0.05, 0) is 12.1 Å². The lowest BCUT2D eigenvalue weighted by molar-refractivity contribution is -0.384. The van der Waals surface area contributed by atoms with Crippen molar-refractivity contribution in [2.45, 2.75) is 0 Å². The zero-order chi connectivity index (χ0) is 14.4. The van der Waals surface area contributed by atoms with Crippen molar-refractivity contribution in [2.24, 2.45) is 5.73 Å². The lowest BCUT2D eigenvalue weighted by atomic mass is 10.1. The summed E-state index contributed by atoms with van der Waals surface area (Å²) >= 11 is 0. The predicted molar refractivity (Wildman–Crippen MR) is 65.4 cm³/mol. The van der Waals surface area contributed by atoms with Crippen molar-refractivity contribution in [3.05, 3.63) is 33.9 Å². The number of nitrogens with two attached hydrogens (primary N) is 2. The predicted octanol–water partition coefficient (Wildman–Crippen LogP) is 0.00210. The number of nitro benzene ring substituents is 1. The first kappa shape index (κ1) is 14.2. The topological polar surface area (TPSA) is 151 Å². The normalized spacial score (nSPS) is 9.68. The standard InChI is InChI=1S/C10H12N4O5/c11-7-3-1-2-6(8(7)14(17)18)9(15)13-4-5-19-10(12)16/h1-3H,4-5,11H2,(H2,12,16)(H,13,15). The minimum atomic E-state index is -0.968. The average molecular weight is 268 g/mol. The summed E-state index contributed by atoms with van der Waals surface area (Å²) in [6.45, 7) is -0.148. The molecular formula is C10H12N4O5. The van der Waals surface area contributed by atoms with Crippen LogP contribution in [0.3, 0.4) is 0 Å². The maximum atomic E-state index is 11.7. The second-order valence-corrected chi connectivity index (χ2v) is 3.42. The molecule has 0 saturated carbocycles. The largest absolute Gasteiger partial charge is 0.448 e. The molecule has 5 N–H and O–H groups in total. The smallest absolute Gasteiger partial charge is 0.404 e. The van der Waals surface area contributed by atoms with E-state index in [1.54, 1.807) is 0 Å². The number of hydrogen-bond donors (Lipinski definition) is 3. The van der Waals surface area contributed by atoms with Crippen LogP contribution in [0.1, 0.15) is 10.4 Å². The fraction of sp³-hybridized carbons (Fsp3) is 0.200. The average Bonchev–Trinajstić information content (AvgIpc) is 2.33. The van der Waals surface area contributed by atoms with Crippen LogP contribution in [0.25, 0.3) is 0 Å². The molecule has 102 valence electrons. The summed E-state index contributed by atoms with van der Waals surface area (Å²) in [4.78, 5) is 32.1. The molecule has 0 aliphatic carbocycles. The molecule has 0 fully saturated rings. The van der Waals surface area contributed by atoms with Crippen LogP contribution in [0, 0.1) is 10.1 Å². The first-order chi connectivity index (χ1) is 8.93. The second kappa shape index (κ2) is 6.19. The van der Waals surface area contributed by atoms with Gasteiger partial charge < -0.3 is 21.5 Å². The van der Waals surface area contributed by atoms with Gasteiger partial charge in [0.15, 0.2) is 0 Å². The highest BCUT2D eigenvalue weighted by Crippen LogP contribution is 2.25. The number of primary amides is 1. The summed E-state index contributed by atoms with van der Waals surface area (Å²) in [5.41, 5.74) is 9.44. The fourth-order valence-corrected chi connectivity index (χ4v) is 1.36. The monoisotopic (exact) mass is 268 g/mol. The van der Waals surface area contributed by atoms with Crippen LogP contribution in [0.5, 0.6) is 0 Å². The number of hydrogen-bond acceptors (Lipinski definition) is 6. The van der Waals surface area contributed by atoms with Gasteiger partial charge in [-0.15, -0.1) is 0 Å². The number of rotatable bonds is 5. The number of nitro groups is 1. The molecule has 1 rings (SSSR count). The Morgan fingerprint density at radius 3 is 2.68 bits per heavy atom. The highest BCUT2D eigenvalue weighted by atomic mass is 16.6. The van der Waals surface area contributed by atoms with E-state index in [4.69, 9.17) is 11.5 Å². The van der Waals surface area contributed by atoms with Crippen molar-refractivity contribution in [1.82, 2.24) is 5.32 Å². The molecule has 1 aromatic carbocycles. The number of amides is 2. The van der Waals surface area contributed by atoms with E-state index in [1.165, 1.54) is 18.2 Å². The van der Waals surface area contributed by atoms with Crippen LogP contribution >= 0.6 is 0 Å². The quantitative estimate of drug-likeness (QED) is 0.296. The summed E-state index contributed by atoms with van der Waals surface area (Å²) in [5, 5.41) is 13.2. The van der Waals surface area contributed by atoms with Gasteiger partial charge in [-0.2, -0.15) is 0 Å². The number of nitrogen functional groups attached to an aromatic ring is 1. The van der Waals surface area contributed by atoms with Crippen LogP contribution in [0.15, 0.2) is 18.2 Å².